The van der Waals surface area contributed by atoms with E-state index in [1.54, 1.807) is 12.1 Å². The summed E-state index contributed by atoms with van der Waals surface area (Å²) in [6, 6.07) is 12.6. The summed E-state index contributed by atoms with van der Waals surface area (Å²) in [6.45, 7) is 6.42. The van der Waals surface area contributed by atoms with Crippen molar-refractivity contribution in [2.45, 2.75) is 26.8 Å². The predicted octanol–water partition coefficient (Wildman–Crippen LogP) is 4.03. The van der Waals surface area contributed by atoms with Crippen LogP contribution < -0.4 is 5.32 Å². The third kappa shape index (κ3) is 5.27. The number of amides is 1. The van der Waals surface area contributed by atoms with Gasteiger partial charge in [0.15, 0.2) is 0 Å². The number of hydrogen-bond donors (Lipinski definition) is 1. The van der Waals surface area contributed by atoms with Crippen LogP contribution in [0.4, 0.5) is 4.39 Å². The highest BCUT2D eigenvalue weighted by Crippen LogP contribution is 2.23. The van der Waals surface area contributed by atoms with E-state index in [0.29, 0.717) is 13.1 Å². The molecule has 2 heterocycles. The minimum Gasteiger partial charge on any atom is -0.351 e. The molecule has 3 aromatic rings. The number of nitrogens with zero attached hydrogens (tertiary/aromatic N) is 3. The van der Waals surface area contributed by atoms with Gasteiger partial charge in [0, 0.05) is 31.4 Å². The number of benzene rings is 2. The highest BCUT2D eigenvalue weighted by Gasteiger charge is 2.17. The topological polar surface area (TPSA) is 50.2 Å². The Kier molecular flexibility index (Phi) is 6.28. The Morgan fingerprint density at radius 3 is 2.77 bits per heavy atom. The zero-order chi connectivity index (χ0) is 21.8. The molecule has 0 radical (unpaired) electrons. The maximum absolute atomic E-state index is 13.2. The van der Waals surface area contributed by atoms with Crippen LogP contribution in [0.15, 0.2) is 60.9 Å². The monoisotopic (exact) mass is 418 g/mol. The molecule has 1 aliphatic heterocycles. The molecule has 0 saturated carbocycles. The number of nitrogens with one attached hydrogen (secondary N) is 1. The Hall–Kier alpha value is -3.25. The number of halogens is 1. The smallest absolute Gasteiger partial charge is 0.234 e. The fourth-order valence-electron chi connectivity index (χ4n) is 3.72. The average Bonchev–Trinajstić information content (AvgIpc) is 3.25. The van der Waals surface area contributed by atoms with E-state index in [-0.39, 0.29) is 11.7 Å². The third-order valence-electron chi connectivity index (χ3n) is 5.75. The standard InChI is InChI=1S/C25H27FN4O/c1-18-6-7-24(12-19(18)2)30-16-22(15-28-30)21-8-10-29(11-9-21)17-25(31)27-14-20-4-3-5-23(26)13-20/h3-8,12-13,15-16H,9-11,14,17H2,1-2H3,(H,27,31). The maximum atomic E-state index is 13.2. The number of aryl methyl sites for hydroxylation is 2. The first kappa shape index (κ1) is 21.0. The molecule has 1 amide bonds. The minimum atomic E-state index is -0.290. The van der Waals surface area contributed by atoms with Gasteiger partial charge in [-0.2, -0.15) is 5.10 Å². The first-order chi connectivity index (χ1) is 15.0. The molecule has 0 atom stereocenters. The van der Waals surface area contributed by atoms with Crippen LogP contribution in [-0.4, -0.2) is 40.2 Å². The molecule has 0 saturated heterocycles. The second-order valence-corrected chi connectivity index (χ2v) is 8.06. The quantitative estimate of drug-likeness (QED) is 0.658. The van der Waals surface area contributed by atoms with E-state index in [1.807, 2.05) is 10.9 Å². The number of aromatic nitrogens is 2. The molecule has 1 aliphatic rings. The van der Waals surface area contributed by atoms with Gasteiger partial charge in [-0.3, -0.25) is 9.69 Å². The van der Waals surface area contributed by atoms with Crippen LogP contribution in [0.25, 0.3) is 11.3 Å². The van der Waals surface area contributed by atoms with Crippen molar-refractivity contribution in [3.8, 4) is 5.69 Å². The fourth-order valence-corrected chi connectivity index (χ4v) is 3.72. The molecule has 0 spiro atoms. The Labute approximate surface area is 182 Å². The van der Waals surface area contributed by atoms with Crippen LogP contribution in [0, 0.1) is 19.7 Å². The van der Waals surface area contributed by atoms with E-state index in [9.17, 15) is 9.18 Å². The van der Waals surface area contributed by atoms with E-state index in [1.165, 1.54) is 28.8 Å². The van der Waals surface area contributed by atoms with Crippen LogP contribution in [0.5, 0.6) is 0 Å². The van der Waals surface area contributed by atoms with Crippen molar-refractivity contribution in [1.82, 2.24) is 20.0 Å². The third-order valence-corrected chi connectivity index (χ3v) is 5.75. The van der Waals surface area contributed by atoms with Gasteiger partial charge in [-0.15, -0.1) is 0 Å². The van der Waals surface area contributed by atoms with Crippen LogP contribution in [0.1, 0.15) is 28.7 Å². The van der Waals surface area contributed by atoms with Crippen molar-refractivity contribution >= 4 is 11.5 Å². The first-order valence-electron chi connectivity index (χ1n) is 10.5. The molecule has 1 aromatic heterocycles. The number of carbonyl (C=O) groups excluding carboxylic acids is 1. The van der Waals surface area contributed by atoms with Gasteiger partial charge in [-0.1, -0.05) is 24.3 Å². The molecule has 0 fully saturated rings. The second-order valence-electron chi connectivity index (χ2n) is 8.06. The van der Waals surface area contributed by atoms with E-state index >= 15 is 0 Å². The van der Waals surface area contributed by atoms with E-state index < -0.39 is 0 Å². The van der Waals surface area contributed by atoms with Gasteiger partial charge in [-0.25, -0.2) is 9.07 Å². The fraction of sp³-hybridized carbons (Fsp3) is 0.280. The van der Waals surface area contributed by atoms with Crippen LogP contribution >= 0.6 is 0 Å². The first-order valence-corrected chi connectivity index (χ1v) is 10.5. The van der Waals surface area contributed by atoms with Gasteiger partial charge < -0.3 is 5.32 Å². The van der Waals surface area contributed by atoms with Gasteiger partial charge in [0.25, 0.3) is 0 Å². The van der Waals surface area contributed by atoms with Gasteiger partial charge in [0.2, 0.25) is 5.91 Å². The van der Waals surface area contributed by atoms with Crippen molar-refractivity contribution in [2.24, 2.45) is 0 Å². The number of rotatable bonds is 6. The highest BCUT2D eigenvalue weighted by atomic mass is 19.1. The Morgan fingerprint density at radius 1 is 1.16 bits per heavy atom. The predicted molar refractivity (Wildman–Crippen MR) is 120 cm³/mol. The molecule has 0 unspecified atom stereocenters. The van der Waals surface area contributed by atoms with Crippen LogP contribution in [0.2, 0.25) is 0 Å². The SMILES string of the molecule is Cc1ccc(-n2cc(C3=CCN(CC(=O)NCc4cccc(F)c4)CC3)cn2)cc1C. The lowest BCUT2D eigenvalue weighted by Gasteiger charge is -2.25. The normalized spacial score (nSPS) is 14.4. The highest BCUT2D eigenvalue weighted by molar-refractivity contribution is 5.78. The summed E-state index contributed by atoms with van der Waals surface area (Å²) in [5.74, 6) is -0.343. The summed E-state index contributed by atoms with van der Waals surface area (Å²) in [5.41, 5.74) is 6.71. The summed E-state index contributed by atoms with van der Waals surface area (Å²) in [4.78, 5) is 14.4. The van der Waals surface area contributed by atoms with Crippen LogP contribution in [-0.2, 0) is 11.3 Å². The molecule has 0 bridgehead atoms. The molecule has 31 heavy (non-hydrogen) atoms. The summed E-state index contributed by atoms with van der Waals surface area (Å²) < 4.78 is 15.2. The lowest BCUT2D eigenvalue weighted by Crippen LogP contribution is -2.39. The maximum Gasteiger partial charge on any atom is 0.234 e. The summed E-state index contributed by atoms with van der Waals surface area (Å²) in [7, 11) is 0. The Morgan fingerprint density at radius 2 is 2.03 bits per heavy atom. The van der Waals surface area contributed by atoms with Crippen molar-refractivity contribution in [3.63, 3.8) is 0 Å². The van der Waals surface area contributed by atoms with Crippen LogP contribution in [0.3, 0.4) is 0 Å². The zero-order valence-corrected chi connectivity index (χ0v) is 17.9. The van der Waals surface area contributed by atoms with Crippen molar-refractivity contribution in [2.75, 3.05) is 19.6 Å². The Balaban J connectivity index is 1.31. The van der Waals surface area contributed by atoms with Gasteiger partial charge >= 0.3 is 0 Å². The molecule has 160 valence electrons. The molecule has 5 nitrogen and oxygen atoms in total. The minimum absolute atomic E-state index is 0.0522. The molecule has 0 aliphatic carbocycles. The summed E-state index contributed by atoms with van der Waals surface area (Å²) in [5, 5.41) is 7.40. The molecule has 2 aromatic carbocycles. The zero-order valence-electron chi connectivity index (χ0n) is 17.9. The van der Waals surface area contributed by atoms with Crippen molar-refractivity contribution in [1.29, 1.82) is 0 Å². The largest absolute Gasteiger partial charge is 0.351 e. The van der Waals surface area contributed by atoms with Gasteiger partial charge in [0.05, 0.1) is 18.4 Å². The molecular weight excluding hydrogens is 391 g/mol. The summed E-state index contributed by atoms with van der Waals surface area (Å²) in [6.07, 6.45) is 7.01. The molecule has 6 heteroatoms. The molecular formula is C25H27FN4O. The van der Waals surface area contributed by atoms with E-state index in [0.717, 1.165) is 36.3 Å². The molecule has 4 rings (SSSR count). The van der Waals surface area contributed by atoms with E-state index in [2.05, 4.69) is 59.6 Å². The van der Waals surface area contributed by atoms with Gasteiger partial charge in [0.1, 0.15) is 5.82 Å². The van der Waals surface area contributed by atoms with Gasteiger partial charge in [-0.05, 0) is 66.8 Å². The second kappa shape index (κ2) is 9.27. The van der Waals surface area contributed by atoms with Crippen molar-refractivity contribution < 1.29 is 9.18 Å². The van der Waals surface area contributed by atoms with Crippen molar-refractivity contribution in [3.05, 3.63) is 89.0 Å². The lowest BCUT2D eigenvalue weighted by atomic mass is 10.0. The Bertz CT molecular complexity index is 1120. The molecule has 1 N–H and O–H groups in total. The van der Waals surface area contributed by atoms with E-state index in [4.69, 9.17) is 0 Å². The summed E-state index contributed by atoms with van der Waals surface area (Å²) >= 11 is 0. The lowest BCUT2D eigenvalue weighted by molar-refractivity contribution is -0.122. The number of hydrogen-bond acceptors (Lipinski definition) is 3. The average molecular weight is 419 g/mol. The number of carbonyl (C=O) groups is 1.